The van der Waals surface area contributed by atoms with Gasteiger partial charge in [0, 0.05) is 22.7 Å². The Morgan fingerprint density at radius 3 is 2.96 bits per heavy atom. The fraction of sp³-hybridized carbons (Fsp3) is 0.176. The minimum Gasteiger partial charge on any atom is -0.496 e. The summed E-state index contributed by atoms with van der Waals surface area (Å²) >= 11 is 6.08. The minimum absolute atomic E-state index is 0.166. The largest absolute Gasteiger partial charge is 0.496 e. The van der Waals surface area contributed by atoms with Gasteiger partial charge >= 0.3 is 0 Å². The molecule has 1 heterocycles. The normalized spacial score (nSPS) is 10.7. The number of benzene rings is 2. The first-order valence-corrected chi connectivity index (χ1v) is 7.50. The van der Waals surface area contributed by atoms with Gasteiger partial charge < -0.3 is 15.0 Å². The van der Waals surface area contributed by atoms with Gasteiger partial charge in [-0.2, -0.15) is 0 Å². The Morgan fingerprint density at radius 1 is 1.35 bits per heavy atom. The van der Waals surface area contributed by atoms with Crippen LogP contribution in [0.1, 0.15) is 21.5 Å². The van der Waals surface area contributed by atoms with Crippen molar-refractivity contribution in [3.05, 3.63) is 58.4 Å². The first-order chi connectivity index (χ1) is 11.1. The molecule has 0 unspecified atom stereocenters. The highest BCUT2D eigenvalue weighted by Crippen LogP contribution is 2.27. The molecule has 23 heavy (non-hydrogen) atoms. The first-order valence-electron chi connectivity index (χ1n) is 7.13. The maximum absolute atomic E-state index is 12.3. The van der Waals surface area contributed by atoms with Crippen molar-refractivity contribution in [3.8, 4) is 5.75 Å². The summed E-state index contributed by atoms with van der Waals surface area (Å²) in [4.78, 5) is 19.5. The van der Waals surface area contributed by atoms with E-state index in [1.807, 2.05) is 19.1 Å². The van der Waals surface area contributed by atoms with E-state index in [0.717, 1.165) is 27.9 Å². The number of aryl methyl sites for hydroxylation is 1. The third kappa shape index (κ3) is 3.14. The number of hydrogen-bond acceptors (Lipinski definition) is 3. The minimum atomic E-state index is -0.166. The second-order valence-electron chi connectivity index (χ2n) is 5.23. The van der Waals surface area contributed by atoms with Gasteiger partial charge in [-0.15, -0.1) is 0 Å². The van der Waals surface area contributed by atoms with Crippen molar-refractivity contribution in [1.29, 1.82) is 0 Å². The number of fused-ring (bicyclic) bond motifs is 1. The van der Waals surface area contributed by atoms with E-state index in [0.29, 0.717) is 17.1 Å². The lowest BCUT2D eigenvalue weighted by atomic mass is 10.1. The van der Waals surface area contributed by atoms with Gasteiger partial charge in [-0.1, -0.05) is 11.6 Å². The molecule has 1 aromatic heterocycles. The van der Waals surface area contributed by atoms with E-state index in [2.05, 4.69) is 15.3 Å². The van der Waals surface area contributed by atoms with E-state index in [1.165, 1.54) is 0 Å². The lowest BCUT2D eigenvalue weighted by Gasteiger charge is -2.13. The van der Waals surface area contributed by atoms with Crippen LogP contribution in [0, 0.1) is 6.92 Å². The Morgan fingerprint density at radius 2 is 2.17 bits per heavy atom. The lowest BCUT2D eigenvalue weighted by Crippen LogP contribution is -2.23. The van der Waals surface area contributed by atoms with Gasteiger partial charge in [0.2, 0.25) is 0 Å². The summed E-state index contributed by atoms with van der Waals surface area (Å²) in [5.41, 5.74) is 4.00. The van der Waals surface area contributed by atoms with E-state index < -0.39 is 0 Å². The van der Waals surface area contributed by atoms with Crippen LogP contribution < -0.4 is 10.1 Å². The van der Waals surface area contributed by atoms with Crippen LogP contribution in [0.2, 0.25) is 5.02 Å². The molecule has 1 amide bonds. The maximum atomic E-state index is 12.3. The Kier molecular flexibility index (Phi) is 4.21. The van der Waals surface area contributed by atoms with Crippen LogP contribution in [-0.2, 0) is 6.54 Å². The number of methoxy groups -OCH3 is 1. The molecule has 0 aliphatic heterocycles. The summed E-state index contributed by atoms with van der Waals surface area (Å²) in [5.74, 6) is 0.569. The molecule has 0 saturated heterocycles. The van der Waals surface area contributed by atoms with E-state index >= 15 is 0 Å². The van der Waals surface area contributed by atoms with Gasteiger partial charge in [-0.25, -0.2) is 4.98 Å². The van der Waals surface area contributed by atoms with Crippen molar-refractivity contribution < 1.29 is 9.53 Å². The number of carbonyl (C=O) groups excluding carboxylic acids is 1. The SMILES string of the molecule is COc1c(C)cc(Cl)cc1CNC(=O)c1ccc2nc[nH]c2c1. The number of ether oxygens (including phenoxy) is 1. The molecular weight excluding hydrogens is 314 g/mol. The summed E-state index contributed by atoms with van der Waals surface area (Å²) in [7, 11) is 1.60. The standard InChI is InChI=1S/C17H16ClN3O2/c1-10-5-13(18)6-12(16(10)23-2)8-19-17(22)11-3-4-14-15(7-11)21-9-20-14/h3-7,9H,8H2,1-2H3,(H,19,22)(H,20,21). The zero-order valence-electron chi connectivity index (χ0n) is 12.8. The number of aromatic nitrogens is 2. The number of imidazole rings is 1. The van der Waals surface area contributed by atoms with E-state index in [1.54, 1.807) is 31.6 Å². The highest BCUT2D eigenvalue weighted by molar-refractivity contribution is 6.30. The molecule has 2 aromatic carbocycles. The van der Waals surface area contributed by atoms with Crippen molar-refractivity contribution in [2.45, 2.75) is 13.5 Å². The van der Waals surface area contributed by atoms with Crippen molar-refractivity contribution in [1.82, 2.24) is 15.3 Å². The van der Waals surface area contributed by atoms with Crippen LogP contribution in [0.3, 0.4) is 0 Å². The summed E-state index contributed by atoms with van der Waals surface area (Å²) < 4.78 is 5.39. The second-order valence-corrected chi connectivity index (χ2v) is 5.67. The van der Waals surface area contributed by atoms with Gasteiger partial charge in [0.1, 0.15) is 5.75 Å². The summed E-state index contributed by atoms with van der Waals surface area (Å²) in [6, 6.07) is 8.96. The molecule has 6 heteroatoms. The maximum Gasteiger partial charge on any atom is 0.251 e. The molecule has 3 rings (SSSR count). The number of carbonyl (C=O) groups is 1. The third-order valence-electron chi connectivity index (χ3n) is 3.64. The van der Waals surface area contributed by atoms with Gasteiger partial charge in [-0.05, 0) is 42.8 Å². The number of amides is 1. The monoisotopic (exact) mass is 329 g/mol. The van der Waals surface area contributed by atoms with Crippen molar-refractivity contribution >= 4 is 28.5 Å². The van der Waals surface area contributed by atoms with Crippen LogP contribution >= 0.6 is 11.6 Å². The van der Waals surface area contributed by atoms with E-state index in [4.69, 9.17) is 16.3 Å². The van der Waals surface area contributed by atoms with Gasteiger partial charge in [0.25, 0.3) is 5.91 Å². The van der Waals surface area contributed by atoms with Crippen molar-refractivity contribution in [3.63, 3.8) is 0 Å². The average molecular weight is 330 g/mol. The molecular formula is C17H16ClN3O2. The molecule has 0 bridgehead atoms. The number of nitrogens with zero attached hydrogens (tertiary/aromatic N) is 1. The summed E-state index contributed by atoms with van der Waals surface area (Å²) in [6.07, 6.45) is 1.60. The molecule has 118 valence electrons. The Hall–Kier alpha value is -2.53. The zero-order chi connectivity index (χ0) is 16.4. The second kappa shape index (κ2) is 6.30. The van der Waals surface area contributed by atoms with Crippen molar-refractivity contribution in [2.75, 3.05) is 7.11 Å². The molecule has 0 atom stereocenters. The molecule has 2 N–H and O–H groups in total. The quantitative estimate of drug-likeness (QED) is 0.770. The number of H-pyrrole nitrogens is 1. The Bertz CT molecular complexity index is 873. The molecule has 0 aliphatic carbocycles. The lowest BCUT2D eigenvalue weighted by molar-refractivity contribution is 0.0951. The molecule has 5 nitrogen and oxygen atoms in total. The summed E-state index contributed by atoms with van der Waals surface area (Å²) in [6.45, 7) is 2.26. The van der Waals surface area contributed by atoms with Crippen molar-refractivity contribution in [2.24, 2.45) is 0 Å². The van der Waals surface area contributed by atoms with E-state index in [9.17, 15) is 4.79 Å². The van der Waals surface area contributed by atoms with Crippen LogP contribution in [0.25, 0.3) is 11.0 Å². The molecule has 0 fully saturated rings. The van der Waals surface area contributed by atoms with E-state index in [-0.39, 0.29) is 5.91 Å². The molecule has 0 spiro atoms. The molecule has 0 saturated carbocycles. The average Bonchev–Trinajstić information content (AvgIpc) is 2.99. The topological polar surface area (TPSA) is 67.0 Å². The van der Waals surface area contributed by atoms with Gasteiger partial charge in [0.15, 0.2) is 0 Å². The first kappa shape index (κ1) is 15.4. The smallest absolute Gasteiger partial charge is 0.251 e. The summed E-state index contributed by atoms with van der Waals surface area (Å²) in [5, 5.41) is 3.51. The molecule has 0 aliphatic rings. The third-order valence-corrected chi connectivity index (χ3v) is 3.86. The van der Waals surface area contributed by atoms with Gasteiger partial charge in [0.05, 0.1) is 24.5 Å². The fourth-order valence-corrected chi connectivity index (χ4v) is 2.87. The predicted molar refractivity (Wildman–Crippen MR) is 90.0 cm³/mol. The number of halogens is 1. The number of hydrogen-bond donors (Lipinski definition) is 2. The predicted octanol–water partition coefficient (Wildman–Crippen LogP) is 3.46. The van der Waals surface area contributed by atoms with Crippen LogP contribution in [0.15, 0.2) is 36.7 Å². The fourth-order valence-electron chi connectivity index (χ4n) is 2.58. The van der Waals surface area contributed by atoms with Crippen LogP contribution in [-0.4, -0.2) is 23.0 Å². The highest BCUT2D eigenvalue weighted by Gasteiger charge is 2.11. The van der Waals surface area contributed by atoms with Crippen LogP contribution in [0.4, 0.5) is 0 Å². The number of rotatable bonds is 4. The number of nitrogens with one attached hydrogen (secondary N) is 2. The zero-order valence-corrected chi connectivity index (χ0v) is 13.6. The number of aromatic amines is 1. The molecule has 0 radical (unpaired) electrons. The van der Waals surface area contributed by atoms with Gasteiger partial charge in [-0.3, -0.25) is 4.79 Å². The van der Waals surface area contributed by atoms with Crippen LogP contribution in [0.5, 0.6) is 5.75 Å². The molecule has 3 aromatic rings. The Balaban J connectivity index is 1.78. The highest BCUT2D eigenvalue weighted by atomic mass is 35.5. The Labute approximate surface area is 138 Å².